The first-order chi connectivity index (χ1) is 9.99. The molecule has 112 valence electrons. The van der Waals surface area contributed by atoms with E-state index in [0.717, 1.165) is 37.5 Å². The van der Waals surface area contributed by atoms with Gasteiger partial charge in [0.25, 0.3) is 0 Å². The van der Waals surface area contributed by atoms with Crippen molar-refractivity contribution in [2.24, 2.45) is 0 Å². The molecule has 0 heterocycles. The maximum atomic E-state index is 6.49. The van der Waals surface area contributed by atoms with E-state index in [0.29, 0.717) is 0 Å². The van der Waals surface area contributed by atoms with Gasteiger partial charge in [-0.15, -0.1) is 0 Å². The third-order valence-corrected chi connectivity index (χ3v) is 5.01. The van der Waals surface area contributed by atoms with E-state index in [4.69, 9.17) is 16.3 Å². The highest BCUT2D eigenvalue weighted by molar-refractivity contribution is 9.10. The molecule has 1 atom stereocenters. The summed E-state index contributed by atoms with van der Waals surface area (Å²) < 4.78 is 6.61. The standard InChI is InChI=1S/C17H19BrClNO/c1-10-6-5-7-12(16(10)19)17(20-3)13-9-14(18)11(2)8-15(13)21-4/h5-9,17,20H,1-4H3. The van der Waals surface area contributed by atoms with E-state index < -0.39 is 0 Å². The number of hydrogen-bond acceptors (Lipinski definition) is 2. The number of ether oxygens (including phenoxy) is 1. The topological polar surface area (TPSA) is 21.3 Å². The molecule has 0 radical (unpaired) electrons. The van der Waals surface area contributed by atoms with Crippen LogP contribution in [0, 0.1) is 13.8 Å². The summed E-state index contributed by atoms with van der Waals surface area (Å²) >= 11 is 10.1. The molecule has 1 unspecified atom stereocenters. The molecule has 4 heteroatoms. The lowest BCUT2D eigenvalue weighted by molar-refractivity contribution is 0.405. The summed E-state index contributed by atoms with van der Waals surface area (Å²) in [5, 5.41) is 4.13. The smallest absolute Gasteiger partial charge is 0.124 e. The van der Waals surface area contributed by atoms with Crippen LogP contribution in [0.2, 0.25) is 5.02 Å². The van der Waals surface area contributed by atoms with Gasteiger partial charge in [-0.2, -0.15) is 0 Å². The van der Waals surface area contributed by atoms with Gasteiger partial charge in [0.15, 0.2) is 0 Å². The molecule has 0 saturated carbocycles. The monoisotopic (exact) mass is 367 g/mol. The number of halogens is 2. The highest BCUT2D eigenvalue weighted by atomic mass is 79.9. The van der Waals surface area contributed by atoms with Crippen LogP contribution in [0.3, 0.4) is 0 Å². The first kappa shape index (κ1) is 16.3. The van der Waals surface area contributed by atoms with Crippen molar-refractivity contribution in [3.05, 3.63) is 62.1 Å². The van der Waals surface area contributed by atoms with Crippen LogP contribution in [0.15, 0.2) is 34.8 Å². The van der Waals surface area contributed by atoms with E-state index in [1.54, 1.807) is 7.11 Å². The predicted octanol–water partition coefficient (Wildman–Crippen LogP) is 5.04. The summed E-state index contributed by atoms with van der Waals surface area (Å²) in [4.78, 5) is 0. The fourth-order valence-electron chi connectivity index (χ4n) is 2.44. The number of nitrogens with one attached hydrogen (secondary N) is 1. The van der Waals surface area contributed by atoms with Crippen molar-refractivity contribution in [1.82, 2.24) is 5.32 Å². The average molecular weight is 369 g/mol. The van der Waals surface area contributed by atoms with Crippen molar-refractivity contribution in [2.45, 2.75) is 19.9 Å². The van der Waals surface area contributed by atoms with Crippen molar-refractivity contribution < 1.29 is 4.74 Å². The Bertz CT molecular complexity index is 657. The zero-order valence-electron chi connectivity index (χ0n) is 12.6. The third kappa shape index (κ3) is 3.25. The summed E-state index contributed by atoms with van der Waals surface area (Å²) in [6.45, 7) is 4.06. The van der Waals surface area contributed by atoms with Crippen molar-refractivity contribution >= 4 is 27.5 Å². The Morgan fingerprint density at radius 1 is 1.14 bits per heavy atom. The fraction of sp³-hybridized carbons (Fsp3) is 0.294. The molecule has 2 nitrogen and oxygen atoms in total. The van der Waals surface area contributed by atoms with Gasteiger partial charge in [-0.1, -0.05) is 45.7 Å². The van der Waals surface area contributed by atoms with Crippen molar-refractivity contribution in [2.75, 3.05) is 14.2 Å². The lowest BCUT2D eigenvalue weighted by Gasteiger charge is -2.22. The van der Waals surface area contributed by atoms with Gasteiger partial charge in [0.1, 0.15) is 5.75 Å². The van der Waals surface area contributed by atoms with E-state index in [9.17, 15) is 0 Å². The third-order valence-electron chi connectivity index (χ3n) is 3.64. The van der Waals surface area contributed by atoms with Crippen LogP contribution in [0.4, 0.5) is 0 Å². The summed E-state index contributed by atoms with van der Waals surface area (Å²) in [5.74, 6) is 0.854. The molecule has 0 amide bonds. The highest BCUT2D eigenvalue weighted by Crippen LogP contribution is 2.37. The Labute approximate surface area is 139 Å². The first-order valence-electron chi connectivity index (χ1n) is 6.76. The molecule has 0 aromatic heterocycles. The molecule has 2 aromatic carbocycles. The number of hydrogen-bond donors (Lipinski definition) is 1. The van der Waals surface area contributed by atoms with Gasteiger partial charge in [0, 0.05) is 15.1 Å². The van der Waals surface area contributed by atoms with E-state index in [-0.39, 0.29) is 6.04 Å². The highest BCUT2D eigenvalue weighted by Gasteiger charge is 2.20. The summed E-state index contributed by atoms with van der Waals surface area (Å²) in [6.07, 6.45) is 0. The van der Waals surface area contributed by atoms with Gasteiger partial charge in [-0.05, 0) is 49.7 Å². The number of rotatable bonds is 4. The second kappa shape index (κ2) is 6.82. The van der Waals surface area contributed by atoms with Crippen LogP contribution in [0.25, 0.3) is 0 Å². The number of methoxy groups -OCH3 is 1. The number of benzene rings is 2. The van der Waals surface area contributed by atoms with E-state index >= 15 is 0 Å². The molecule has 0 fully saturated rings. The van der Waals surface area contributed by atoms with Crippen molar-refractivity contribution in [3.8, 4) is 5.75 Å². The molecular weight excluding hydrogens is 350 g/mol. The molecule has 0 aliphatic carbocycles. The predicted molar refractivity (Wildman–Crippen MR) is 92.5 cm³/mol. The molecule has 2 rings (SSSR count). The number of aryl methyl sites for hydroxylation is 2. The van der Waals surface area contributed by atoms with Gasteiger partial charge >= 0.3 is 0 Å². The SMILES string of the molecule is CNC(c1cc(Br)c(C)cc1OC)c1cccc(C)c1Cl. The van der Waals surface area contributed by atoms with Gasteiger partial charge < -0.3 is 10.1 Å². The molecule has 0 aliphatic heterocycles. The second-order valence-corrected chi connectivity index (χ2v) is 6.28. The Kier molecular flexibility index (Phi) is 5.31. The van der Waals surface area contributed by atoms with Crippen molar-refractivity contribution in [1.29, 1.82) is 0 Å². The zero-order valence-corrected chi connectivity index (χ0v) is 15.0. The zero-order chi connectivity index (χ0) is 15.6. The Morgan fingerprint density at radius 3 is 2.48 bits per heavy atom. The van der Waals surface area contributed by atoms with E-state index in [1.165, 1.54) is 0 Å². The Hall–Kier alpha value is -1.03. The van der Waals surface area contributed by atoms with Crippen LogP contribution in [0.5, 0.6) is 5.75 Å². The molecule has 0 bridgehead atoms. The Morgan fingerprint density at radius 2 is 1.86 bits per heavy atom. The lowest BCUT2D eigenvalue weighted by atomic mass is 9.95. The van der Waals surface area contributed by atoms with Crippen LogP contribution in [-0.2, 0) is 0 Å². The molecule has 0 saturated heterocycles. The Balaban J connectivity index is 2.61. The normalized spacial score (nSPS) is 12.3. The summed E-state index contributed by atoms with van der Waals surface area (Å²) in [6, 6.07) is 10.2. The van der Waals surface area contributed by atoms with Crippen LogP contribution in [-0.4, -0.2) is 14.2 Å². The average Bonchev–Trinajstić information content (AvgIpc) is 2.47. The van der Waals surface area contributed by atoms with Crippen LogP contribution >= 0.6 is 27.5 Å². The lowest BCUT2D eigenvalue weighted by Crippen LogP contribution is -2.19. The summed E-state index contributed by atoms with van der Waals surface area (Å²) in [7, 11) is 3.62. The maximum absolute atomic E-state index is 6.49. The minimum atomic E-state index is -0.0238. The van der Waals surface area contributed by atoms with Gasteiger partial charge in [0.05, 0.1) is 13.2 Å². The molecular formula is C17H19BrClNO. The van der Waals surface area contributed by atoms with Crippen LogP contribution < -0.4 is 10.1 Å². The molecule has 0 spiro atoms. The largest absolute Gasteiger partial charge is 0.496 e. The first-order valence-corrected chi connectivity index (χ1v) is 7.93. The van der Waals surface area contributed by atoms with Gasteiger partial charge in [0.2, 0.25) is 0 Å². The fourth-order valence-corrected chi connectivity index (χ4v) is 3.04. The van der Waals surface area contributed by atoms with Crippen LogP contribution in [0.1, 0.15) is 28.3 Å². The molecule has 21 heavy (non-hydrogen) atoms. The maximum Gasteiger partial charge on any atom is 0.124 e. The van der Waals surface area contributed by atoms with E-state index in [1.807, 2.05) is 45.2 Å². The van der Waals surface area contributed by atoms with E-state index in [2.05, 4.69) is 27.3 Å². The van der Waals surface area contributed by atoms with Crippen molar-refractivity contribution in [3.63, 3.8) is 0 Å². The molecule has 2 aromatic rings. The minimum Gasteiger partial charge on any atom is -0.496 e. The van der Waals surface area contributed by atoms with Gasteiger partial charge in [-0.3, -0.25) is 0 Å². The molecule has 1 N–H and O–H groups in total. The molecule has 0 aliphatic rings. The quantitative estimate of drug-likeness (QED) is 0.816. The minimum absolute atomic E-state index is 0.0238. The van der Waals surface area contributed by atoms with Gasteiger partial charge in [-0.25, -0.2) is 0 Å². The second-order valence-electron chi connectivity index (χ2n) is 5.04. The summed E-state index contributed by atoms with van der Waals surface area (Å²) in [5.41, 5.74) is 4.32.